The molecule has 1 saturated heterocycles. The molecule has 0 radical (unpaired) electrons. The molecule has 2 aliphatic rings. The number of hydrogen-bond acceptors (Lipinski definition) is 3. The number of pyridine rings is 1. The molecule has 4 heteroatoms. The zero-order valence-electron chi connectivity index (χ0n) is 12.0. The molecule has 0 bridgehead atoms. The van der Waals surface area contributed by atoms with Gasteiger partial charge in [0.1, 0.15) is 0 Å². The summed E-state index contributed by atoms with van der Waals surface area (Å²) in [5.74, 6) is 0.0516. The van der Waals surface area contributed by atoms with Gasteiger partial charge < -0.3 is 10.0 Å². The zero-order valence-corrected chi connectivity index (χ0v) is 12.0. The number of nitrogens with zero attached hydrogens (tertiary/aromatic N) is 2. The summed E-state index contributed by atoms with van der Waals surface area (Å²) in [6.45, 7) is 3.40. The highest BCUT2D eigenvalue weighted by Gasteiger charge is 2.45. The molecule has 2 fully saturated rings. The minimum atomic E-state index is -0.241. The van der Waals surface area contributed by atoms with Crippen LogP contribution in [0.3, 0.4) is 0 Å². The van der Waals surface area contributed by atoms with E-state index in [0.29, 0.717) is 12.1 Å². The van der Waals surface area contributed by atoms with E-state index in [1.807, 2.05) is 24.0 Å². The smallest absolute Gasteiger partial charge is 0.255 e. The van der Waals surface area contributed by atoms with Crippen LogP contribution in [0, 0.1) is 12.3 Å². The molecule has 3 rings (SSSR count). The fraction of sp³-hybridized carbons (Fsp3) is 0.625. The molecule has 2 atom stereocenters. The standard InChI is InChI=1S/C16H22N2O2/c1-12-5-6-13(10-17-12)15(20)18-9-3-8-16(11-18)7-2-4-14(16)19/h5-6,10,14,19H,2-4,7-9,11H2,1H3/t14-,16+/m1/s1. The van der Waals surface area contributed by atoms with E-state index < -0.39 is 0 Å². The predicted octanol–water partition coefficient (Wildman–Crippen LogP) is 2.16. The number of carbonyl (C=O) groups is 1. The first-order valence-corrected chi connectivity index (χ1v) is 7.51. The van der Waals surface area contributed by atoms with Crippen molar-refractivity contribution >= 4 is 5.91 Å². The van der Waals surface area contributed by atoms with Crippen molar-refractivity contribution in [3.8, 4) is 0 Å². The van der Waals surface area contributed by atoms with Crippen molar-refractivity contribution in [1.82, 2.24) is 9.88 Å². The Hall–Kier alpha value is -1.42. The Morgan fingerprint density at radius 2 is 2.20 bits per heavy atom. The van der Waals surface area contributed by atoms with E-state index in [0.717, 1.165) is 44.3 Å². The molecule has 1 saturated carbocycles. The number of aryl methyl sites for hydroxylation is 1. The highest BCUT2D eigenvalue weighted by Crippen LogP contribution is 2.45. The minimum Gasteiger partial charge on any atom is -0.392 e. The SMILES string of the molecule is Cc1ccc(C(=O)N2CCC[C@@]3(CCC[C@H]3O)C2)cn1. The maximum atomic E-state index is 12.6. The van der Waals surface area contributed by atoms with Crippen LogP contribution in [-0.2, 0) is 0 Å². The Morgan fingerprint density at radius 1 is 1.40 bits per heavy atom. The molecule has 0 aromatic carbocycles. The van der Waals surface area contributed by atoms with Crippen molar-refractivity contribution in [3.63, 3.8) is 0 Å². The molecule has 2 heterocycles. The molecule has 1 aliphatic carbocycles. The third kappa shape index (κ3) is 2.33. The van der Waals surface area contributed by atoms with Crippen molar-refractivity contribution in [2.24, 2.45) is 5.41 Å². The number of aliphatic hydroxyl groups is 1. The van der Waals surface area contributed by atoms with Crippen LogP contribution >= 0.6 is 0 Å². The molecule has 1 aromatic heterocycles. The van der Waals surface area contributed by atoms with Crippen LogP contribution in [-0.4, -0.2) is 40.1 Å². The van der Waals surface area contributed by atoms with Crippen LogP contribution in [0.4, 0.5) is 0 Å². The zero-order chi connectivity index (χ0) is 14.2. The van der Waals surface area contributed by atoms with Crippen LogP contribution in [0.15, 0.2) is 18.3 Å². The van der Waals surface area contributed by atoms with E-state index in [-0.39, 0.29) is 17.4 Å². The van der Waals surface area contributed by atoms with Gasteiger partial charge in [0.2, 0.25) is 0 Å². The Morgan fingerprint density at radius 3 is 2.85 bits per heavy atom. The third-order valence-corrected chi connectivity index (χ3v) is 4.91. The Kier molecular flexibility index (Phi) is 3.50. The van der Waals surface area contributed by atoms with E-state index in [1.165, 1.54) is 0 Å². The number of aliphatic hydroxyl groups excluding tert-OH is 1. The number of piperidine rings is 1. The van der Waals surface area contributed by atoms with Gasteiger partial charge in [-0.3, -0.25) is 9.78 Å². The minimum absolute atomic E-state index is 0.0496. The maximum Gasteiger partial charge on any atom is 0.255 e. The summed E-state index contributed by atoms with van der Waals surface area (Å²) in [5.41, 5.74) is 1.52. The van der Waals surface area contributed by atoms with Crippen molar-refractivity contribution < 1.29 is 9.90 Å². The number of likely N-dealkylation sites (tertiary alicyclic amines) is 1. The molecule has 0 unspecified atom stereocenters. The van der Waals surface area contributed by atoms with Gasteiger partial charge in [-0.15, -0.1) is 0 Å². The Balaban J connectivity index is 1.76. The summed E-state index contributed by atoms with van der Waals surface area (Å²) in [6.07, 6.45) is 6.46. The van der Waals surface area contributed by atoms with Crippen LogP contribution in [0.5, 0.6) is 0 Å². The molecule has 1 amide bonds. The van der Waals surface area contributed by atoms with E-state index >= 15 is 0 Å². The van der Waals surface area contributed by atoms with Crippen molar-refractivity contribution in [2.45, 2.75) is 45.1 Å². The quantitative estimate of drug-likeness (QED) is 0.853. The number of hydrogen-bond donors (Lipinski definition) is 1. The summed E-state index contributed by atoms with van der Waals surface area (Å²) >= 11 is 0. The first kappa shape index (κ1) is 13.6. The normalized spacial score (nSPS) is 29.9. The van der Waals surface area contributed by atoms with E-state index in [2.05, 4.69) is 4.98 Å². The molecule has 1 aliphatic heterocycles. The maximum absolute atomic E-state index is 12.6. The highest BCUT2D eigenvalue weighted by molar-refractivity contribution is 5.94. The second-order valence-electron chi connectivity index (χ2n) is 6.29. The van der Waals surface area contributed by atoms with Gasteiger partial charge >= 0.3 is 0 Å². The van der Waals surface area contributed by atoms with Gasteiger partial charge in [-0.1, -0.05) is 6.42 Å². The molecule has 20 heavy (non-hydrogen) atoms. The van der Waals surface area contributed by atoms with Crippen LogP contribution in [0.25, 0.3) is 0 Å². The molecular weight excluding hydrogens is 252 g/mol. The van der Waals surface area contributed by atoms with E-state index in [9.17, 15) is 9.90 Å². The highest BCUT2D eigenvalue weighted by atomic mass is 16.3. The van der Waals surface area contributed by atoms with Crippen LogP contribution in [0.2, 0.25) is 0 Å². The monoisotopic (exact) mass is 274 g/mol. The van der Waals surface area contributed by atoms with E-state index in [4.69, 9.17) is 0 Å². The second kappa shape index (κ2) is 5.17. The lowest BCUT2D eigenvalue weighted by atomic mass is 9.76. The topological polar surface area (TPSA) is 53.4 Å². The van der Waals surface area contributed by atoms with Crippen molar-refractivity contribution in [3.05, 3.63) is 29.6 Å². The lowest BCUT2D eigenvalue weighted by Crippen LogP contribution is -2.49. The fourth-order valence-corrected chi connectivity index (χ4v) is 3.71. The summed E-state index contributed by atoms with van der Waals surface area (Å²) in [5, 5.41) is 10.3. The van der Waals surface area contributed by atoms with Gasteiger partial charge in [0, 0.05) is 30.4 Å². The van der Waals surface area contributed by atoms with Crippen molar-refractivity contribution in [1.29, 1.82) is 0 Å². The fourth-order valence-electron chi connectivity index (χ4n) is 3.71. The number of amides is 1. The molecule has 108 valence electrons. The lowest BCUT2D eigenvalue weighted by molar-refractivity contribution is -0.00537. The predicted molar refractivity (Wildman–Crippen MR) is 76.4 cm³/mol. The third-order valence-electron chi connectivity index (χ3n) is 4.91. The van der Waals surface area contributed by atoms with Gasteiger partial charge in [-0.25, -0.2) is 0 Å². The van der Waals surface area contributed by atoms with Crippen molar-refractivity contribution in [2.75, 3.05) is 13.1 Å². The van der Waals surface area contributed by atoms with Crippen LogP contribution < -0.4 is 0 Å². The van der Waals surface area contributed by atoms with Gasteiger partial charge in [-0.05, 0) is 44.7 Å². The Bertz CT molecular complexity index is 500. The molecule has 1 spiro atoms. The summed E-state index contributed by atoms with van der Waals surface area (Å²) in [7, 11) is 0. The average molecular weight is 274 g/mol. The molecular formula is C16H22N2O2. The van der Waals surface area contributed by atoms with Gasteiger partial charge in [-0.2, -0.15) is 0 Å². The number of rotatable bonds is 1. The van der Waals surface area contributed by atoms with E-state index in [1.54, 1.807) is 6.20 Å². The molecule has 4 nitrogen and oxygen atoms in total. The molecule has 1 N–H and O–H groups in total. The largest absolute Gasteiger partial charge is 0.392 e. The van der Waals surface area contributed by atoms with Gasteiger partial charge in [0.15, 0.2) is 0 Å². The molecule has 1 aromatic rings. The first-order valence-electron chi connectivity index (χ1n) is 7.51. The summed E-state index contributed by atoms with van der Waals surface area (Å²) in [6, 6.07) is 3.72. The first-order chi connectivity index (χ1) is 9.61. The van der Waals surface area contributed by atoms with Gasteiger partial charge in [0.25, 0.3) is 5.91 Å². The Labute approximate surface area is 119 Å². The summed E-state index contributed by atoms with van der Waals surface area (Å²) < 4.78 is 0. The average Bonchev–Trinajstić information content (AvgIpc) is 2.80. The number of carbonyl (C=O) groups excluding carboxylic acids is 1. The second-order valence-corrected chi connectivity index (χ2v) is 6.29. The lowest BCUT2D eigenvalue weighted by Gasteiger charge is -2.42. The summed E-state index contributed by atoms with van der Waals surface area (Å²) in [4.78, 5) is 18.7. The van der Waals surface area contributed by atoms with Gasteiger partial charge in [0.05, 0.1) is 11.7 Å². The van der Waals surface area contributed by atoms with Crippen LogP contribution in [0.1, 0.15) is 48.2 Å². The number of aromatic nitrogens is 1.